The third kappa shape index (κ3) is 3.53. The molecule has 5 nitrogen and oxygen atoms in total. The van der Waals surface area contributed by atoms with E-state index in [4.69, 9.17) is 0 Å². The minimum Gasteiger partial charge on any atom is -0.340 e. The van der Waals surface area contributed by atoms with E-state index in [1.165, 1.54) is 6.07 Å². The van der Waals surface area contributed by atoms with Crippen molar-refractivity contribution in [2.45, 2.75) is 32.6 Å². The zero-order valence-electron chi connectivity index (χ0n) is 15.7. The summed E-state index contributed by atoms with van der Waals surface area (Å²) in [5.41, 5.74) is 1.11. The van der Waals surface area contributed by atoms with E-state index in [2.05, 4.69) is 14.9 Å². The van der Waals surface area contributed by atoms with Crippen LogP contribution in [0.1, 0.15) is 41.6 Å². The Bertz CT molecular complexity index is 798. The number of carbonyl (C=O) groups excluding carboxylic acids is 1. The van der Waals surface area contributed by atoms with Gasteiger partial charge in [0.2, 0.25) is 5.95 Å². The van der Waals surface area contributed by atoms with E-state index in [1.807, 2.05) is 11.0 Å². The van der Waals surface area contributed by atoms with Gasteiger partial charge in [0.25, 0.3) is 5.91 Å². The molecule has 0 saturated carbocycles. The van der Waals surface area contributed by atoms with Crippen molar-refractivity contribution >= 4 is 11.9 Å². The smallest absolute Gasteiger partial charge is 0.257 e. The maximum Gasteiger partial charge on any atom is 0.257 e. The van der Waals surface area contributed by atoms with E-state index in [0.717, 1.165) is 44.7 Å². The van der Waals surface area contributed by atoms with Crippen molar-refractivity contribution in [2.24, 2.45) is 5.41 Å². The number of rotatable bonds is 2. The van der Waals surface area contributed by atoms with Gasteiger partial charge in [-0.05, 0) is 55.7 Å². The van der Waals surface area contributed by atoms with Crippen LogP contribution in [-0.4, -0.2) is 47.0 Å². The van der Waals surface area contributed by atoms with Gasteiger partial charge in [0.05, 0.1) is 5.56 Å². The molecule has 2 fully saturated rings. The Balaban J connectivity index is 1.44. The normalized spacial score (nSPS) is 19.3. The number of anilines is 1. The number of piperidine rings is 2. The van der Waals surface area contributed by atoms with Gasteiger partial charge in [-0.1, -0.05) is 12.1 Å². The summed E-state index contributed by atoms with van der Waals surface area (Å²) in [7, 11) is 0. The Labute approximate surface area is 159 Å². The number of likely N-dealkylation sites (tertiary alicyclic amines) is 1. The van der Waals surface area contributed by atoms with Gasteiger partial charge in [-0.25, -0.2) is 14.4 Å². The van der Waals surface area contributed by atoms with Crippen molar-refractivity contribution in [2.75, 3.05) is 31.1 Å². The molecular weight excluding hydrogens is 343 g/mol. The fraction of sp³-hybridized carbons (Fsp3) is 0.476. The molecule has 1 aromatic heterocycles. The van der Waals surface area contributed by atoms with Crippen molar-refractivity contribution < 1.29 is 9.18 Å². The van der Waals surface area contributed by atoms with E-state index < -0.39 is 5.82 Å². The fourth-order valence-corrected chi connectivity index (χ4v) is 4.49. The second-order valence-electron chi connectivity index (χ2n) is 7.80. The van der Waals surface area contributed by atoms with E-state index in [9.17, 15) is 9.18 Å². The van der Waals surface area contributed by atoms with E-state index >= 15 is 0 Å². The highest BCUT2D eigenvalue weighted by molar-refractivity contribution is 5.96. The number of aryl methyl sites for hydroxylation is 1. The maximum absolute atomic E-state index is 14.2. The van der Waals surface area contributed by atoms with Crippen LogP contribution in [0.15, 0.2) is 36.7 Å². The molecule has 0 atom stereocenters. The molecule has 3 heterocycles. The Morgan fingerprint density at radius 3 is 2.52 bits per heavy atom. The molecule has 2 saturated heterocycles. The standard InChI is InChI=1S/C21H25FN4O/c1-16-5-2-6-17(22)18(16)19(27)25-13-8-21(9-14-25)7-3-12-26(15-21)20-23-10-4-11-24-20/h2,4-6,10-11H,3,7-9,12-15H2,1H3. The second-order valence-corrected chi connectivity index (χ2v) is 7.80. The fourth-order valence-electron chi connectivity index (χ4n) is 4.49. The van der Waals surface area contributed by atoms with E-state index in [1.54, 1.807) is 31.5 Å². The van der Waals surface area contributed by atoms with Crippen molar-refractivity contribution in [1.29, 1.82) is 0 Å². The number of carbonyl (C=O) groups is 1. The van der Waals surface area contributed by atoms with Crippen LogP contribution in [0.3, 0.4) is 0 Å². The van der Waals surface area contributed by atoms with Crippen LogP contribution in [0, 0.1) is 18.2 Å². The number of amides is 1. The summed E-state index contributed by atoms with van der Waals surface area (Å²) in [6, 6.07) is 6.64. The van der Waals surface area contributed by atoms with E-state index in [0.29, 0.717) is 18.7 Å². The molecule has 2 aliphatic rings. The quantitative estimate of drug-likeness (QED) is 0.815. The Morgan fingerprint density at radius 1 is 1.07 bits per heavy atom. The highest BCUT2D eigenvalue weighted by Crippen LogP contribution is 2.40. The highest BCUT2D eigenvalue weighted by Gasteiger charge is 2.40. The molecule has 1 spiro atoms. The zero-order valence-corrected chi connectivity index (χ0v) is 15.7. The molecule has 1 amide bonds. The monoisotopic (exact) mass is 368 g/mol. The summed E-state index contributed by atoms with van der Waals surface area (Å²) in [6.45, 7) is 5.05. The molecule has 0 radical (unpaired) electrons. The lowest BCUT2D eigenvalue weighted by molar-refractivity contribution is 0.0535. The van der Waals surface area contributed by atoms with Crippen LogP contribution in [0.5, 0.6) is 0 Å². The number of halogens is 1. The molecule has 142 valence electrons. The van der Waals surface area contributed by atoms with Crippen LogP contribution in [0.25, 0.3) is 0 Å². The largest absolute Gasteiger partial charge is 0.340 e. The summed E-state index contributed by atoms with van der Waals surface area (Å²) in [5.74, 6) is 0.182. The van der Waals surface area contributed by atoms with E-state index in [-0.39, 0.29) is 16.9 Å². The minimum absolute atomic E-state index is 0.181. The van der Waals surface area contributed by atoms with Crippen molar-refractivity contribution in [3.8, 4) is 0 Å². The van der Waals surface area contributed by atoms with Crippen LogP contribution in [0.2, 0.25) is 0 Å². The van der Waals surface area contributed by atoms with Gasteiger partial charge >= 0.3 is 0 Å². The first-order valence-corrected chi connectivity index (χ1v) is 9.64. The number of hydrogen-bond donors (Lipinski definition) is 0. The molecule has 0 N–H and O–H groups in total. The molecule has 0 bridgehead atoms. The maximum atomic E-state index is 14.2. The van der Waals surface area contributed by atoms with Crippen molar-refractivity contribution in [1.82, 2.24) is 14.9 Å². The average molecular weight is 368 g/mol. The molecule has 27 heavy (non-hydrogen) atoms. The SMILES string of the molecule is Cc1cccc(F)c1C(=O)N1CCC2(CCCN(c3ncccn3)C2)CC1. The number of aromatic nitrogens is 2. The first-order valence-electron chi connectivity index (χ1n) is 9.64. The molecule has 2 aromatic rings. The van der Waals surface area contributed by atoms with Crippen LogP contribution in [0.4, 0.5) is 10.3 Å². The van der Waals surface area contributed by atoms with Crippen LogP contribution < -0.4 is 4.90 Å². The lowest BCUT2D eigenvalue weighted by Gasteiger charge is -2.47. The zero-order chi connectivity index (χ0) is 18.9. The molecule has 0 aliphatic carbocycles. The predicted molar refractivity (Wildman–Crippen MR) is 102 cm³/mol. The summed E-state index contributed by atoms with van der Waals surface area (Å²) < 4.78 is 14.2. The number of hydrogen-bond acceptors (Lipinski definition) is 4. The van der Waals surface area contributed by atoms with Gasteiger partial charge in [-0.15, -0.1) is 0 Å². The van der Waals surface area contributed by atoms with Gasteiger partial charge in [0.15, 0.2) is 0 Å². The highest BCUT2D eigenvalue weighted by atomic mass is 19.1. The number of nitrogens with zero attached hydrogens (tertiary/aromatic N) is 4. The molecule has 6 heteroatoms. The van der Waals surface area contributed by atoms with Gasteiger partial charge in [-0.3, -0.25) is 4.79 Å². The first-order chi connectivity index (χ1) is 13.1. The summed E-state index contributed by atoms with van der Waals surface area (Å²) in [5, 5.41) is 0. The number of benzene rings is 1. The third-order valence-corrected chi connectivity index (χ3v) is 6.04. The van der Waals surface area contributed by atoms with Crippen LogP contribution in [-0.2, 0) is 0 Å². The molecule has 1 aromatic carbocycles. The molecule has 4 rings (SSSR count). The average Bonchev–Trinajstić information content (AvgIpc) is 2.69. The molecule has 0 unspecified atom stereocenters. The lowest BCUT2D eigenvalue weighted by atomic mass is 9.72. The van der Waals surface area contributed by atoms with Crippen molar-refractivity contribution in [3.63, 3.8) is 0 Å². The Morgan fingerprint density at radius 2 is 1.81 bits per heavy atom. The first kappa shape index (κ1) is 17.9. The Kier molecular flexibility index (Phi) is 4.81. The molecule has 2 aliphatic heterocycles. The van der Waals surface area contributed by atoms with Gasteiger partial charge in [-0.2, -0.15) is 0 Å². The van der Waals surface area contributed by atoms with Gasteiger partial charge < -0.3 is 9.80 Å². The topological polar surface area (TPSA) is 49.3 Å². The van der Waals surface area contributed by atoms with Gasteiger partial charge in [0, 0.05) is 38.6 Å². The second kappa shape index (κ2) is 7.25. The Hall–Kier alpha value is -2.50. The summed E-state index contributed by atoms with van der Waals surface area (Å²) >= 11 is 0. The van der Waals surface area contributed by atoms with Crippen molar-refractivity contribution in [3.05, 3.63) is 53.6 Å². The predicted octanol–water partition coefficient (Wildman–Crippen LogP) is 3.45. The molecular formula is C21H25FN4O. The summed E-state index contributed by atoms with van der Waals surface area (Å²) in [6.07, 6.45) is 7.71. The van der Waals surface area contributed by atoms with Gasteiger partial charge in [0.1, 0.15) is 5.82 Å². The summed E-state index contributed by atoms with van der Waals surface area (Å²) in [4.78, 5) is 25.7. The third-order valence-electron chi connectivity index (χ3n) is 6.04. The van der Waals surface area contributed by atoms with Crippen LogP contribution >= 0.6 is 0 Å². The lowest BCUT2D eigenvalue weighted by Crippen LogP contribution is -2.51. The minimum atomic E-state index is -0.426.